The molecule has 1 atom stereocenters. The van der Waals surface area contributed by atoms with Crippen molar-refractivity contribution >= 4 is 23.6 Å². The monoisotopic (exact) mass is 398 g/mol. The second-order valence-electron chi connectivity index (χ2n) is 6.62. The van der Waals surface area contributed by atoms with Crippen molar-refractivity contribution in [1.29, 1.82) is 0 Å². The van der Waals surface area contributed by atoms with Gasteiger partial charge in [-0.05, 0) is 29.7 Å². The first-order chi connectivity index (χ1) is 13.6. The molecule has 3 rings (SSSR count). The maximum Gasteiger partial charge on any atom is 0.410 e. The number of halogens is 1. The van der Waals surface area contributed by atoms with Gasteiger partial charge >= 0.3 is 6.09 Å². The second kappa shape index (κ2) is 9.95. The number of cyclic esters (lactones) is 1. The Morgan fingerprint density at radius 2 is 1.79 bits per heavy atom. The Hall–Kier alpha value is -2.79. The van der Waals surface area contributed by atoms with E-state index in [0.717, 1.165) is 11.1 Å². The third-order valence-corrected chi connectivity index (χ3v) is 4.74. The van der Waals surface area contributed by atoms with E-state index < -0.39 is 6.09 Å². The van der Waals surface area contributed by atoms with Crippen LogP contribution in [0.2, 0.25) is 5.02 Å². The van der Waals surface area contributed by atoms with Crippen molar-refractivity contribution in [3.05, 3.63) is 82.9 Å². The number of hydrogen-bond acceptors (Lipinski definition) is 3. The topological polar surface area (TPSA) is 58.6 Å². The first kappa shape index (κ1) is 20.0. The minimum Gasteiger partial charge on any atom is -0.447 e. The van der Waals surface area contributed by atoms with Gasteiger partial charge in [0.25, 0.3) is 0 Å². The number of rotatable bonds is 3. The normalized spacial score (nSPS) is 19.8. The van der Waals surface area contributed by atoms with Gasteiger partial charge in [-0.3, -0.25) is 4.79 Å². The fraction of sp³-hybridized carbons (Fsp3) is 0.273. The zero-order valence-electron chi connectivity index (χ0n) is 15.5. The Morgan fingerprint density at radius 1 is 1.04 bits per heavy atom. The second-order valence-corrected chi connectivity index (χ2v) is 7.06. The van der Waals surface area contributed by atoms with Crippen LogP contribution in [0.25, 0.3) is 0 Å². The molecule has 2 amide bonds. The van der Waals surface area contributed by atoms with Gasteiger partial charge < -0.3 is 15.0 Å². The van der Waals surface area contributed by atoms with Gasteiger partial charge in [-0.25, -0.2) is 4.79 Å². The zero-order chi connectivity index (χ0) is 19.8. The van der Waals surface area contributed by atoms with Crippen LogP contribution in [0.4, 0.5) is 4.79 Å². The van der Waals surface area contributed by atoms with Gasteiger partial charge in [0.2, 0.25) is 5.91 Å². The summed E-state index contributed by atoms with van der Waals surface area (Å²) in [4.78, 5) is 26.5. The number of nitrogens with zero attached hydrogens (tertiary/aromatic N) is 1. The lowest BCUT2D eigenvalue weighted by molar-refractivity contribution is -0.122. The molecule has 0 saturated carbocycles. The van der Waals surface area contributed by atoms with Crippen LogP contribution in [0.5, 0.6) is 0 Å². The molecule has 1 aliphatic rings. The van der Waals surface area contributed by atoms with Crippen molar-refractivity contribution in [2.24, 2.45) is 0 Å². The third kappa shape index (κ3) is 5.86. The molecule has 2 aromatic carbocycles. The van der Waals surface area contributed by atoms with Crippen molar-refractivity contribution in [3.8, 4) is 0 Å². The first-order valence-electron chi connectivity index (χ1n) is 9.27. The number of hydrogen-bond donors (Lipinski definition) is 1. The van der Waals surface area contributed by atoms with Crippen molar-refractivity contribution in [2.75, 3.05) is 13.2 Å². The average Bonchev–Trinajstić information content (AvgIpc) is 2.71. The number of carbonyl (C=O) groups excluding carboxylic acids is 2. The van der Waals surface area contributed by atoms with E-state index >= 15 is 0 Å². The van der Waals surface area contributed by atoms with Crippen LogP contribution in [0.15, 0.2) is 66.7 Å². The van der Waals surface area contributed by atoms with E-state index in [-0.39, 0.29) is 18.6 Å². The maximum atomic E-state index is 12.7. The molecule has 0 spiro atoms. The summed E-state index contributed by atoms with van der Waals surface area (Å²) in [7, 11) is 0. The van der Waals surface area contributed by atoms with Crippen molar-refractivity contribution in [3.63, 3.8) is 0 Å². The highest BCUT2D eigenvalue weighted by atomic mass is 35.5. The van der Waals surface area contributed by atoms with E-state index in [0.29, 0.717) is 31.0 Å². The predicted molar refractivity (Wildman–Crippen MR) is 109 cm³/mol. The number of ether oxygens (including phenoxy) is 1. The molecule has 6 heteroatoms. The van der Waals surface area contributed by atoms with E-state index in [1.54, 1.807) is 17.0 Å². The highest BCUT2D eigenvalue weighted by Gasteiger charge is 2.20. The zero-order valence-corrected chi connectivity index (χ0v) is 16.3. The summed E-state index contributed by atoms with van der Waals surface area (Å²) in [6.07, 6.45) is 4.40. The molecule has 0 bridgehead atoms. The molecule has 1 aliphatic heterocycles. The molecule has 0 unspecified atom stereocenters. The first-order valence-corrected chi connectivity index (χ1v) is 9.65. The molecule has 28 heavy (non-hydrogen) atoms. The average molecular weight is 399 g/mol. The van der Waals surface area contributed by atoms with Crippen LogP contribution < -0.4 is 5.32 Å². The van der Waals surface area contributed by atoms with Crippen LogP contribution in [-0.4, -0.2) is 30.1 Å². The van der Waals surface area contributed by atoms with E-state index in [1.165, 1.54) is 0 Å². The Balaban J connectivity index is 1.75. The number of carbonyl (C=O) groups is 2. The molecule has 0 fully saturated rings. The van der Waals surface area contributed by atoms with Crippen LogP contribution in [0.3, 0.4) is 0 Å². The van der Waals surface area contributed by atoms with Gasteiger partial charge in [0.15, 0.2) is 0 Å². The van der Waals surface area contributed by atoms with Crippen LogP contribution in [-0.2, 0) is 16.1 Å². The molecule has 0 saturated heterocycles. The molecule has 1 heterocycles. The van der Waals surface area contributed by atoms with Crippen LogP contribution in [0, 0.1) is 0 Å². The van der Waals surface area contributed by atoms with E-state index in [9.17, 15) is 9.59 Å². The van der Waals surface area contributed by atoms with Gasteiger partial charge in [-0.2, -0.15) is 0 Å². The fourth-order valence-corrected chi connectivity index (χ4v) is 3.09. The highest BCUT2D eigenvalue weighted by Crippen LogP contribution is 2.16. The quantitative estimate of drug-likeness (QED) is 0.775. The van der Waals surface area contributed by atoms with Gasteiger partial charge in [0.1, 0.15) is 6.61 Å². The molecule has 0 aromatic heterocycles. The maximum absolute atomic E-state index is 12.7. The summed E-state index contributed by atoms with van der Waals surface area (Å²) < 4.78 is 5.55. The lowest BCUT2D eigenvalue weighted by atomic mass is 10.1. The molecule has 146 valence electrons. The SMILES string of the molecule is O=C1CC/C=C\CN(Cc2ccc(Cl)cc2)C(=O)OC[C@@H](c2ccccc2)N1. The molecule has 1 N–H and O–H groups in total. The molecule has 0 radical (unpaired) electrons. The van der Waals surface area contributed by atoms with Crippen LogP contribution >= 0.6 is 11.6 Å². The minimum atomic E-state index is -0.421. The number of nitrogens with one attached hydrogen (secondary N) is 1. The third-order valence-electron chi connectivity index (χ3n) is 4.49. The Bertz CT molecular complexity index is 821. The number of allylic oxidation sites excluding steroid dienone is 1. The fourth-order valence-electron chi connectivity index (χ4n) is 2.97. The Kier molecular flexibility index (Phi) is 7.09. The summed E-state index contributed by atoms with van der Waals surface area (Å²) in [5.41, 5.74) is 1.87. The summed E-state index contributed by atoms with van der Waals surface area (Å²) in [5.74, 6) is -0.0619. The van der Waals surface area contributed by atoms with Crippen molar-refractivity contribution < 1.29 is 14.3 Å². The smallest absolute Gasteiger partial charge is 0.410 e. The van der Waals surface area contributed by atoms with Crippen LogP contribution in [0.1, 0.15) is 30.0 Å². The lowest BCUT2D eigenvalue weighted by Crippen LogP contribution is -2.36. The highest BCUT2D eigenvalue weighted by molar-refractivity contribution is 6.30. The van der Waals surface area contributed by atoms with Gasteiger partial charge in [-0.15, -0.1) is 0 Å². The summed E-state index contributed by atoms with van der Waals surface area (Å²) >= 11 is 5.94. The molecule has 5 nitrogen and oxygen atoms in total. The lowest BCUT2D eigenvalue weighted by Gasteiger charge is -2.24. The molecule has 2 aromatic rings. The van der Waals surface area contributed by atoms with Gasteiger partial charge in [-0.1, -0.05) is 66.2 Å². The van der Waals surface area contributed by atoms with Crippen molar-refractivity contribution in [1.82, 2.24) is 10.2 Å². The Morgan fingerprint density at radius 3 is 2.54 bits per heavy atom. The Labute approximate surface area is 169 Å². The van der Waals surface area contributed by atoms with Crippen molar-refractivity contribution in [2.45, 2.75) is 25.4 Å². The van der Waals surface area contributed by atoms with Gasteiger partial charge in [0.05, 0.1) is 6.04 Å². The minimum absolute atomic E-state index is 0.0619. The molecular weight excluding hydrogens is 376 g/mol. The van der Waals surface area contributed by atoms with E-state index in [2.05, 4.69) is 5.32 Å². The molecule has 0 aliphatic carbocycles. The number of amides is 2. The summed E-state index contributed by atoms with van der Waals surface area (Å²) in [6.45, 7) is 0.914. The van der Waals surface area contributed by atoms with Gasteiger partial charge in [0, 0.05) is 24.5 Å². The number of benzene rings is 2. The summed E-state index contributed by atoms with van der Waals surface area (Å²) in [5, 5.41) is 3.61. The van der Waals surface area contributed by atoms with E-state index in [1.807, 2.05) is 54.6 Å². The predicted octanol–water partition coefficient (Wildman–Crippen LogP) is 4.49. The van der Waals surface area contributed by atoms with E-state index in [4.69, 9.17) is 16.3 Å². The molecular formula is C22H23ClN2O3. The summed E-state index contributed by atoms with van der Waals surface area (Å²) in [6, 6.07) is 16.5. The largest absolute Gasteiger partial charge is 0.447 e. The standard InChI is InChI=1S/C22H23ClN2O3/c23-19-12-10-17(11-13-19)15-25-14-6-2-5-9-21(26)24-20(16-28-22(25)27)18-7-3-1-4-8-18/h1-4,6-8,10-13,20H,5,9,14-16H2,(H,24,26)/b6-2-/t20-/m0/s1.